The van der Waals surface area contributed by atoms with Crippen molar-refractivity contribution in [1.29, 1.82) is 0 Å². The van der Waals surface area contributed by atoms with E-state index in [1.165, 1.54) is 19.1 Å². The van der Waals surface area contributed by atoms with Gasteiger partial charge in [0.1, 0.15) is 5.75 Å². The largest absolute Gasteiger partial charge is 0.497 e. The molecule has 1 N–H and O–H groups in total. The molecule has 2 rings (SSSR count). The minimum Gasteiger partial charge on any atom is -0.497 e. The molecule has 2 aromatic rings. The second-order valence-electron chi connectivity index (χ2n) is 6.79. The van der Waals surface area contributed by atoms with Crippen molar-refractivity contribution in [2.75, 3.05) is 32.6 Å². The van der Waals surface area contributed by atoms with Crippen LogP contribution < -0.4 is 10.1 Å². The summed E-state index contributed by atoms with van der Waals surface area (Å²) in [6.07, 6.45) is 0.0917. The van der Waals surface area contributed by atoms with Crippen LogP contribution in [0.3, 0.4) is 0 Å². The summed E-state index contributed by atoms with van der Waals surface area (Å²) in [7, 11) is 3.01. The van der Waals surface area contributed by atoms with Gasteiger partial charge in [-0.2, -0.15) is 0 Å². The number of nitrogens with zero attached hydrogens (tertiary/aromatic N) is 1. The number of nitrogens with one attached hydrogen (secondary N) is 1. The second-order valence-corrected chi connectivity index (χ2v) is 6.79. The first-order chi connectivity index (χ1) is 13.8. The fraction of sp³-hybridized carbons (Fsp3) is 0.318. The van der Waals surface area contributed by atoms with Gasteiger partial charge in [0.15, 0.2) is 6.61 Å². The molecule has 29 heavy (non-hydrogen) atoms. The fourth-order valence-electron chi connectivity index (χ4n) is 2.59. The number of ether oxygens (including phenoxy) is 2. The third-order valence-electron chi connectivity index (χ3n) is 4.44. The number of aryl methyl sites for hydroxylation is 2. The number of anilines is 1. The molecule has 0 bridgehead atoms. The van der Waals surface area contributed by atoms with Crippen LogP contribution >= 0.6 is 0 Å². The lowest BCUT2D eigenvalue weighted by molar-refractivity contribution is -0.151. The van der Waals surface area contributed by atoms with E-state index < -0.39 is 18.5 Å². The number of benzene rings is 2. The van der Waals surface area contributed by atoms with Gasteiger partial charge in [-0.15, -0.1) is 0 Å². The van der Waals surface area contributed by atoms with Gasteiger partial charge >= 0.3 is 5.97 Å². The molecular formula is C22H26N2O5. The van der Waals surface area contributed by atoms with Crippen molar-refractivity contribution in [3.8, 4) is 5.75 Å². The molecule has 0 unspecified atom stereocenters. The highest BCUT2D eigenvalue weighted by Crippen LogP contribution is 2.16. The standard InChI is InChI=1S/C22H26N2O5/c1-15-8-9-17(10-16(15)2)11-22(27)29-14-21(26)24(3)13-20(25)23-18-6-5-7-19(12-18)28-4/h5-10,12H,11,13-14H2,1-4H3,(H,23,25). The van der Waals surface area contributed by atoms with Crippen LogP contribution in [-0.2, 0) is 25.5 Å². The molecule has 0 aliphatic rings. The van der Waals surface area contributed by atoms with Crippen LogP contribution in [0.4, 0.5) is 5.69 Å². The summed E-state index contributed by atoms with van der Waals surface area (Å²) >= 11 is 0. The summed E-state index contributed by atoms with van der Waals surface area (Å²) < 4.78 is 10.2. The number of esters is 1. The Morgan fingerprint density at radius 3 is 2.48 bits per heavy atom. The smallest absolute Gasteiger partial charge is 0.310 e. The SMILES string of the molecule is COc1cccc(NC(=O)CN(C)C(=O)COC(=O)Cc2ccc(C)c(C)c2)c1. The van der Waals surface area contributed by atoms with Crippen LogP contribution in [0.25, 0.3) is 0 Å². The summed E-state index contributed by atoms with van der Waals surface area (Å²) in [5.41, 5.74) is 3.63. The highest BCUT2D eigenvalue weighted by Gasteiger charge is 2.16. The average Bonchev–Trinajstić information content (AvgIpc) is 2.68. The fourth-order valence-corrected chi connectivity index (χ4v) is 2.59. The molecule has 154 valence electrons. The Morgan fingerprint density at radius 1 is 1.03 bits per heavy atom. The Balaban J connectivity index is 1.78. The van der Waals surface area contributed by atoms with Crippen molar-refractivity contribution in [1.82, 2.24) is 4.90 Å². The van der Waals surface area contributed by atoms with Gasteiger partial charge in [0.25, 0.3) is 5.91 Å². The maximum atomic E-state index is 12.1. The Hall–Kier alpha value is -3.35. The predicted molar refractivity (Wildman–Crippen MR) is 110 cm³/mol. The zero-order valence-electron chi connectivity index (χ0n) is 17.2. The van der Waals surface area contributed by atoms with Crippen molar-refractivity contribution >= 4 is 23.5 Å². The van der Waals surface area contributed by atoms with E-state index in [2.05, 4.69) is 5.32 Å². The van der Waals surface area contributed by atoms with Gasteiger partial charge in [-0.25, -0.2) is 0 Å². The van der Waals surface area contributed by atoms with Crippen LogP contribution in [0.5, 0.6) is 5.75 Å². The molecule has 0 spiro atoms. The molecule has 0 aliphatic carbocycles. The first-order valence-corrected chi connectivity index (χ1v) is 9.18. The van der Waals surface area contributed by atoms with E-state index in [1.807, 2.05) is 32.0 Å². The van der Waals surface area contributed by atoms with Crippen molar-refractivity contribution in [3.05, 3.63) is 59.2 Å². The van der Waals surface area contributed by atoms with E-state index in [4.69, 9.17) is 9.47 Å². The Morgan fingerprint density at radius 2 is 1.79 bits per heavy atom. The van der Waals surface area contributed by atoms with Crippen LogP contribution in [0, 0.1) is 13.8 Å². The minimum atomic E-state index is -0.490. The minimum absolute atomic E-state index is 0.0917. The van der Waals surface area contributed by atoms with Gasteiger partial charge < -0.3 is 19.7 Å². The summed E-state index contributed by atoms with van der Waals surface area (Å²) in [6.45, 7) is 3.40. The summed E-state index contributed by atoms with van der Waals surface area (Å²) in [4.78, 5) is 37.4. The first-order valence-electron chi connectivity index (χ1n) is 9.18. The van der Waals surface area contributed by atoms with E-state index in [1.54, 1.807) is 24.3 Å². The molecule has 0 saturated heterocycles. The molecule has 7 nitrogen and oxygen atoms in total. The van der Waals surface area contributed by atoms with E-state index in [0.29, 0.717) is 11.4 Å². The van der Waals surface area contributed by atoms with Gasteiger partial charge in [0, 0.05) is 18.8 Å². The molecular weight excluding hydrogens is 372 g/mol. The van der Waals surface area contributed by atoms with Gasteiger partial charge in [0.2, 0.25) is 5.91 Å². The Kier molecular flexibility index (Phi) is 7.77. The molecule has 0 heterocycles. The van der Waals surface area contributed by atoms with E-state index >= 15 is 0 Å². The number of rotatable bonds is 8. The van der Waals surface area contributed by atoms with Crippen LogP contribution in [-0.4, -0.2) is 50.0 Å². The van der Waals surface area contributed by atoms with Crippen molar-refractivity contribution in [2.24, 2.45) is 0 Å². The van der Waals surface area contributed by atoms with Crippen molar-refractivity contribution in [3.63, 3.8) is 0 Å². The highest BCUT2D eigenvalue weighted by molar-refractivity contribution is 5.95. The van der Waals surface area contributed by atoms with Crippen LogP contribution in [0.2, 0.25) is 0 Å². The van der Waals surface area contributed by atoms with Crippen molar-refractivity contribution in [2.45, 2.75) is 20.3 Å². The van der Waals surface area contributed by atoms with Crippen LogP contribution in [0.15, 0.2) is 42.5 Å². The van der Waals surface area contributed by atoms with E-state index in [9.17, 15) is 14.4 Å². The Labute approximate surface area is 170 Å². The number of carbonyl (C=O) groups excluding carboxylic acids is 3. The molecule has 7 heteroatoms. The monoisotopic (exact) mass is 398 g/mol. The number of likely N-dealkylation sites (N-methyl/N-ethyl adjacent to an activating group) is 1. The normalized spacial score (nSPS) is 10.2. The van der Waals surface area contributed by atoms with Gasteiger partial charge in [-0.1, -0.05) is 24.3 Å². The van der Waals surface area contributed by atoms with Crippen molar-refractivity contribution < 1.29 is 23.9 Å². The molecule has 0 atom stereocenters. The summed E-state index contributed by atoms with van der Waals surface area (Å²) in [5.74, 6) is -0.700. The summed E-state index contributed by atoms with van der Waals surface area (Å²) in [6, 6.07) is 12.6. The van der Waals surface area contributed by atoms with E-state index in [-0.39, 0.29) is 18.9 Å². The lowest BCUT2D eigenvalue weighted by Crippen LogP contribution is -2.37. The maximum Gasteiger partial charge on any atom is 0.310 e. The number of carbonyl (C=O) groups is 3. The lowest BCUT2D eigenvalue weighted by atomic mass is 10.0. The number of hydrogen-bond acceptors (Lipinski definition) is 5. The van der Waals surface area contributed by atoms with Gasteiger partial charge in [-0.3, -0.25) is 14.4 Å². The van der Waals surface area contributed by atoms with Gasteiger partial charge in [-0.05, 0) is 42.7 Å². The molecule has 0 radical (unpaired) electrons. The molecule has 0 aliphatic heterocycles. The maximum absolute atomic E-state index is 12.1. The third-order valence-corrected chi connectivity index (χ3v) is 4.44. The molecule has 0 fully saturated rings. The number of methoxy groups -OCH3 is 1. The second kappa shape index (κ2) is 10.3. The lowest BCUT2D eigenvalue weighted by Gasteiger charge is -2.17. The molecule has 0 saturated carbocycles. The van der Waals surface area contributed by atoms with Gasteiger partial charge in [0.05, 0.1) is 20.1 Å². The van der Waals surface area contributed by atoms with Crippen LogP contribution in [0.1, 0.15) is 16.7 Å². The zero-order valence-corrected chi connectivity index (χ0v) is 17.2. The number of hydrogen-bond donors (Lipinski definition) is 1. The quantitative estimate of drug-likeness (QED) is 0.691. The highest BCUT2D eigenvalue weighted by atomic mass is 16.5. The number of amides is 2. The first kappa shape index (κ1) is 21.9. The topological polar surface area (TPSA) is 84.9 Å². The zero-order chi connectivity index (χ0) is 21.4. The third kappa shape index (κ3) is 6.95. The molecule has 2 amide bonds. The van der Waals surface area contributed by atoms with E-state index in [0.717, 1.165) is 16.7 Å². The predicted octanol–water partition coefficient (Wildman–Crippen LogP) is 2.49. The average molecular weight is 398 g/mol. The molecule has 0 aromatic heterocycles. The Bertz CT molecular complexity index is 895. The molecule has 2 aromatic carbocycles. The summed E-state index contributed by atoms with van der Waals surface area (Å²) in [5, 5.41) is 2.69.